The summed E-state index contributed by atoms with van der Waals surface area (Å²) >= 11 is 0. The van der Waals surface area contributed by atoms with Gasteiger partial charge < -0.3 is 14.5 Å². The lowest BCUT2D eigenvalue weighted by Gasteiger charge is -2.25. The van der Waals surface area contributed by atoms with Gasteiger partial charge in [0.05, 0.1) is 13.7 Å². The second-order valence-corrected chi connectivity index (χ2v) is 6.90. The topological polar surface area (TPSA) is 88.8 Å². The third-order valence-electron chi connectivity index (χ3n) is 5.34. The minimum atomic E-state index is -1.11. The monoisotopic (exact) mass is 392 g/mol. The first-order valence-electron chi connectivity index (χ1n) is 9.29. The van der Waals surface area contributed by atoms with E-state index in [0.717, 1.165) is 10.5 Å². The Labute approximate surface area is 166 Å². The molecule has 3 amide bonds. The molecule has 2 aromatic carbocycles. The maximum absolute atomic E-state index is 13.3. The van der Waals surface area contributed by atoms with Crippen molar-refractivity contribution in [2.75, 3.05) is 7.11 Å². The number of urea groups is 1. The minimum absolute atomic E-state index is 0.0340. The van der Waals surface area contributed by atoms with E-state index in [1.54, 1.807) is 18.2 Å². The largest absolute Gasteiger partial charge is 0.497 e. The zero-order valence-electron chi connectivity index (χ0n) is 16.1. The third-order valence-corrected chi connectivity index (χ3v) is 5.34. The fourth-order valence-electron chi connectivity index (χ4n) is 3.77. The zero-order valence-corrected chi connectivity index (χ0v) is 16.1. The van der Waals surface area contributed by atoms with Crippen molar-refractivity contribution in [1.82, 2.24) is 10.2 Å². The first kappa shape index (κ1) is 18.7. The van der Waals surface area contributed by atoms with Gasteiger partial charge in [-0.15, -0.1) is 0 Å². The van der Waals surface area contributed by atoms with E-state index < -0.39 is 17.2 Å². The Morgan fingerprint density at radius 3 is 2.52 bits per heavy atom. The molecule has 1 aliphatic heterocycles. The first-order valence-corrected chi connectivity index (χ1v) is 9.29. The van der Waals surface area contributed by atoms with Crippen LogP contribution in [-0.4, -0.2) is 23.9 Å². The number of nitrogens with one attached hydrogen (secondary N) is 1. The van der Waals surface area contributed by atoms with Crippen molar-refractivity contribution in [2.24, 2.45) is 0 Å². The second-order valence-electron chi connectivity index (χ2n) is 6.90. The Morgan fingerprint density at radius 2 is 1.83 bits per heavy atom. The molecule has 0 aliphatic carbocycles. The van der Waals surface area contributed by atoms with Gasteiger partial charge in [-0.05, 0) is 29.7 Å². The number of imide groups is 1. The molecule has 0 bridgehead atoms. The number of nitrogens with zero attached hydrogens (tertiary/aromatic N) is 1. The molecule has 1 fully saturated rings. The molecule has 7 heteroatoms. The number of carbonyl (C=O) groups is 2. The summed E-state index contributed by atoms with van der Waals surface area (Å²) in [5.41, 5.74) is -0.0779. The van der Waals surface area contributed by atoms with Crippen LogP contribution in [0.15, 0.2) is 63.8 Å². The van der Waals surface area contributed by atoms with Crippen LogP contribution in [0, 0.1) is 0 Å². The first-order chi connectivity index (χ1) is 14.0. The summed E-state index contributed by atoms with van der Waals surface area (Å²) in [6.07, 6.45) is 0.410. The van der Waals surface area contributed by atoms with Crippen molar-refractivity contribution >= 4 is 22.9 Å². The number of benzene rings is 2. The summed E-state index contributed by atoms with van der Waals surface area (Å²) in [7, 11) is 1.52. The van der Waals surface area contributed by atoms with Crippen LogP contribution in [0.4, 0.5) is 4.79 Å². The van der Waals surface area contributed by atoms with E-state index in [1.807, 2.05) is 37.3 Å². The molecule has 0 saturated carbocycles. The molecular weight excluding hydrogens is 372 g/mol. The normalized spacial score (nSPS) is 18.9. The molecule has 7 nitrogen and oxygen atoms in total. The lowest BCUT2D eigenvalue weighted by Crippen LogP contribution is -2.43. The molecule has 1 atom stereocenters. The van der Waals surface area contributed by atoms with E-state index >= 15 is 0 Å². The van der Waals surface area contributed by atoms with Gasteiger partial charge in [0.1, 0.15) is 16.9 Å². The molecule has 0 unspecified atom stereocenters. The predicted octanol–water partition coefficient (Wildman–Crippen LogP) is 3.16. The SMILES string of the molecule is CC[C@@]1(c2ccccc2)NC(=O)N(Cc2cc(=O)oc3cc(OC)ccc23)C1=O. The smallest absolute Gasteiger partial charge is 0.336 e. The lowest BCUT2D eigenvalue weighted by molar-refractivity contribution is -0.132. The number of carbonyl (C=O) groups excluding carboxylic acids is 2. The lowest BCUT2D eigenvalue weighted by atomic mass is 9.87. The van der Waals surface area contributed by atoms with Crippen LogP contribution in [0.2, 0.25) is 0 Å². The van der Waals surface area contributed by atoms with E-state index in [1.165, 1.54) is 13.2 Å². The molecular formula is C22H20N2O5. The third kappa shape index (κ3) is 3.04. The second kappa shape index (κ2) is 7.09. The minimum Gasteiger partial charge on any atom is -0.497 e. The van der Waals surface area contributed by atoms with Crippen molar-refractivity contribution in [3.8, 4) is 5.75 Å². The summed E-state index contributed by atoms with van der Waals surface area (Å²) in [6, 6.07) is 15.1. The molecule has 1 saturated heterocycles. The van der Waals surface area contributed by atoms with Crippen molar-refractivity contribution in [3.05, 3.63) is 76.1 Å². The molecule has 0 radical (unpaired) electrons. The standard InChI is InChI=1S/C22H20N2O5/c1-3-22(15-7-5-4-6-8-15)20(26)24(21(27)23-22)13-14-11-19(25)29-18-12-16(28-2)9-10-17(14)18/h4-12H,3,13H2,1-2H3,(H,23,27)/t22-/m0/s1. The van der Waals surface area contributed by atoms with Gasteiger partial charge in [0.25, 0.3) is 5.91 Å². The highest BCUT2D eigenvalue weighted by molar-refractivity contribution is 6.07. The van der Waals surface area contributed by atoms with E-state index in [2.05, 4.69) is 5.32 Å². The Hall–Kier alpha value is -3.61. The average molecular weight is 392 g/mol. The van der Waals surface area contributed by atoms with Crippen LogP contribution in [0.1, 0.15) is 24.5 Å². The fraction of sp³-hybridized carbons (Fsp3) is 0.227. The van der Waals surface area contributed by atoms with Gasteiger partial charge in [-0.25, -0.2) is 9.59 Å². The Bertz CT molecular complexity index is 1150. The van der Waals surface area contributed by atoms with Gasteiger partial charge in [-0.2, -0.15) is 0 Å². The van der Waals surface area contributed by atoms with Gasteiger partial charge in [0, 0.05) is 17.5 Å². The van der Waals surface area contributed by atoms with Crippen molar-refractivity contribution in [3.63, 3.8) is 0 Å². The van der Waals surface area contributed by atoms with Crippen LogP contribution in [-0.2, 0) is 16.9 Å². The highest BCUT2D eigenvalue weighted by atomic mass is 16.5. The maximum atomic E-state index is 13.3. The van der Waals surface area contributed by atoms with E-state index in [0.29, 0.717) is 28.7 Å². The number of amides is 3. The van der Waals surface area contributed by atoms with E-state index in [4.69, 9.17) is 9.15 Å². The van der Waals surface area contributed by atoms with Gasteiger partial charge >= 0.3 is 11.7 Å². The number of hydrogen-bond donors (Lipinski definition) is 1. The van der Waals surface area contributed by atoms with E-state index in [-0.39, 0.29) is 12.5 Å². The number of ether oxygens (including phenoxy) is 1. The maximum Gasteiger partial charge on any atom is 0.336 e. The molecule has 4 rings (SSSR count). The van der Waals surface area contributed by atoms with Crippen LogP contribution in [0.25, 0.3) is 11.0 Å². The highest BCUT2D eigenvalue weighted by Crippen LogP contribution is 2.34. The van der Waals surface area contributed by atoms with Gasteiger partial charge in [0.15, 0.2) is 0 Å². The fourth-order valence-corrected chi connectivity index (χ4v) is 3.77. The quantitative estimate of drug-likeness (QED) is 0.532. The number of hydrogen-bond acceptors (Lipinski definition) is 5. The van der Waals surface area contributed by atoms with Crippen LogP contribution >= 0.6 is 0 Å². The summed E-state index contributed by atoms with van der Waals surface area (Å²) in [6.45, 7) is 1.82. The summed E-state index contributed by atoms with van der Waals surface area (Å²) in [5.74, 6) is 0.202. The Balaban J connectivity index is 1.74. The van der Waals surface area contributed by atoms with Crippen molar-refractivity contribution < 1.29 is 18.7 Å². The van der Waals surface area contributed by atoms with Gasteiger partial charge in [-0.3, -0.25) is 9.69 Å². The molecule has 2 heterocycles. The number of fused-ring (bicyclic) bond motifs is 1. The summed E-state index contributed by atoms with van der Waals surface area (Å²) < 4.78 is 10.4. The number of methoxy groups -OCH3 is 1. The molecule has 1 N–H and O–H groups in total. The summed E-state index contributed by atoms with van der Waals surface area (Å²) in [4.78, 5) is 39.2. The predicted molar refractivity (Wildman–Crippen MR) is 107 cm³/mol. The van der Waals surface area contributed by atoms with Gasteiger partial charge in [0.2, 0.25) is 0 Å². The van der Waals surface area contributed by atoms with Crippen LogP contribution < -0.4 is 15.7 Å². The van der Waals surface area contributed by atoms with Crippen LogP contribution in [0.3, 0.4) is 0 Å². The van der Waals surface area contributed by atoms with Crippen LogP contribution in [0.5, 0.6) is 5.75 Å². The zero-order chi connectivity index (χ0) is 20.6. The van der Waals surface area contributed by atoms with Crippen molar-refractivity contribution in [2.45, 2.75) is 25.4 Å². The van der Waals surface area contributed by atoms with Gasteiger partial charge in [-0.1, -0.05) is 37.3 Å². The number of rotatable bonds is 5. The molecule has 148 valence electrons. The molecule has 0 spiro atoms. The Kier molecular flexibility index (Phi) is 4.58. The molecule has 1 aliphatic rings. The molecule has 29 heavy (non-hydrogen) atoms. The summed E-state index contributed by atoms with van der Waals surface area (Å²) in [5, 5.41) is 3.49. The van der Waals surface area contributed by atoms with Crippen molar-refractivity contribution in [1.29, 1.82) is 0 Å². The molecule has 3 aromatic rings. The highest BCUT2D eigenvalue weighted by Gasteiger charge is 2.51. The Morgan fingerprint density at radius 1 is 1.07 bits per heavy atom. The molecule has 1 aromatic heterocycles. The van der Waals surface area contributed by atoms with E-state index in [9.17, 15) is 14.4 Å². The average Bonchev–Trinajstić information content (AvgIpc) is 2.98.